The lowest BCUT2D eigenvalue weighted by atomic mass is 10.5. The zero-order valence-corrected chi connectivity index (χ0v) is 31.6. The summed E-state index contributed by atoms with van der Waals surface area (Å²) >= 11 is 0. The Labute approximate surface area is 269 Å². The molecule has 0 aromatic rings. The summed E-state index contributed by atoms with van der Waals surface area (Å²) in [7, 11) is -9.84. The van der Waals surface area contributed by atoms with Crippen molar-refractivity contribution < 1.29 is 69.4 Å². The monoisotopic (exact) mass is 714 g/mol. The van der Waals surface area contributed by atoms with Crippen molar-refractivity contribution in [2.75, 3.05) is 65.6 Å². The molecule has 0 fully saturated rings. The molecule has 0 aromatic carbocycles. The van der Waals surface area contributed by atoms with Gasteiger partial charge < -0.3 is 41.4 Å². The van der Waals surface area contributed by atoms with Gasteiger partial charge in [0.25, 0.3) is 0 Å². The van der Waals surface area contributed by atoms with E-state index in [2.05, 4.69) is 0 Å². The SMILES string of the molecule is CCOC(=O)C(C)P(=O)(OCC)OCC.CCOC(=O)C(C)P(=O)(OCC)OCC.CCOC(=O)CCP(=O)(OCC)OCC. The molecular weight excluding hydrogens is 657 g/mol. The second-order valence-corrected chi connectivity index (χ2v) is 15.3. The normalized spacial score (nSPS) is 12.9. The van der Waals surface area contributed by atoms with Crippen molar-refractivity contribution in [2.45, 2.75) is 93.9 Å². The first kappa shape index (κ1) is 48.3. The number of hydrogen-bond acceptors (Lipinski definition) is 15. The van der Waals surface area contributed by atoms with Crippen molar-refractivity contribution in [1.82, 2.24) is 0 Å². The van der Waals surface area contributed by atoms with E-state index in [0.717, 1.165) is 0 Å². The molecule has 0 rings (SSSR count). The number of ether oxygens (including phenoxy) is 3. The Balaban J connectivity index is -0.000000588. The van der Waals surface area contributed by atoms with Gasteiger partial charge in [-0.25, -0.2) is 0 Å². The Bertz CT molecular complexity index is 864. The van der Waals surface area contributed by atoms with Crippen LogP contribution in [0.15, 0.2) is 0 Å². The molecule has 0 bridgehead atoms. The molecule has 0 aliphatic rings. The van der Waals surface area contributed by atoms with Crippen LogP contribution in [0.25, 0.3) is 0 Å². The summed E-state index contributed by atoms with van der Waals surface area (Å²) in [5.41, 5.74) is -1.75. The van der Waals surface area contributed by atoms with E-state index in [4.69, 9.17) is 41.4 Å². The minimum Gasteiger partial charge on any atom is -0.466 e. The third kappa shape index (κ3) is 21.4. The highest BCUT2D eigenvalue weighted by atomic mass is 31.2. The van der Waals surface area contributed by atoms with E-state index in [0.29, 0.717) is 19.8 Å². The summed E-state index contributed by atoms with van der Waals surface area (Å²) in [6, 6.07) is 0. The van der Waals surface area contributed by atoms with Crippen LogP contribution in [-0.2, 0) is 69.4 Å². The van der Waals surface area contributed by atoms with Crippen LogP contribution in [0.4, 0.5) is 0 Å². The third-order valence-corrected chi connectivity index (χ3v) is 11.9. The molecule has 0 spiro atoms. The molecule has 0 saturated heterocycles. The lowest BCUT2D eigenvalue weighted by Gasteiger charge is -2.21. The van der Waals surface area contributed by atoms with Gasteiger partial charge in [0.05, 0.1) is 72.0 Å². The Morgan fingerprint density at radius 1 is 0.467 bits per heavy atom. The van der Waals surface area contributed by atoms with Crippen LogP contribution in [0.1, 0.15) is 82.6 Å². The Hall–Kier alpha value is -1.14. The fraction of sp³-hybridized carbons (Fsp3) is 0.889. The maximum atomic E-state index is 12.1. The summed E-state index contributed by atoms with van der Waals surface area (Å²) in [5.74, 6) is -1.48. The van der Waals surface area contributed by atoms with Gasteiger partial charge in [-0.3, -0.25) is 28.1 Å². The molecule has 0 N–H and O–H groups in total. The van der Waals surface area contributed by atoms with Gasteiger partial charge in [-0.1, -0.05) is 0 Å². The molecule has 0 amide bonds. The third-order valence-electron chi connectivity index (χ3n) is 4.99. The van der Waals surface area contributed by atoms with E-state index < -0.39 is 46.0 Å². The fourth-order valence-electron chi connectivity index (χ4n) is 3.05. The summed E-state index contributed by atoms with van der Waals surface area (Å²) in [4.78, 5) is 33.8. The lowest BCUT2D eigenvalue weighted by molar-refractivity contribution is -0.143. The maximum absolute atomic E-state index is 12.1. The number of hydrogen-bond donors (Lipinski definition) is 0. The van der Waals surface area contributed by atoms with Crippen molar-refractivity contribution in [1.29, 1.82) is 0 Å². The highest BCUT2D eigenvalue weighted by Crippen LogP contribution is 2.54. The van der Waals surface area contributed by atoms with Gasteiger partial charge in [0, 0.05) is 0 Å². The molecule has 0 aromatic heterocycles. The van der Waals surface area contributed by atoms with Gasteiger partial charge in [-0.05, 0) is 76.2 Å². The average molecular weight is 715 g/mol. The molecule has 0 heterocycles. The van der Waals surface area contributed by atoms with Gasteiger partial charge >= 0.3 is 40.7 Å². The molecule has 0 aliphatic heterocycles. The van der Waals surface area contributed by atoms with Crippen LogP contribution in [0.2, 0.25) is 0 Å². The van der Waals surface area contributed by atoms with Gasteiger partial charge in [0.2, 0.25) is 0 Å². The van der Waals surface area contributed by atoms with Crippen LogP contribution >= 0.6 is 22.8 Å². The number of rotatable bonds is 22. The highest BCUT2D eigenvalue weighted by Gasteiger charge is 2.39. The molecule has 0 saturated carbocycles. The van der Waals surface area contributed by atoms with Crippen LogP contribution in [0, 0.1) is 0 Å². The van der Waals surface area contributed by atoms with Crippen molar-refractivity contribution in [3.05, 3.63) is 0 Å². The Kier molecular flexibility index (Phi) is 29.9. The van der Waals surface area contributed by atoms with E-state index in [1.165, 1.54) is 13.8 Å². The molecule has 15 nitrogen and oxygen atoms in total. The number of carbonyl (C=O) groups excluding carboxylic acids is 3. The summed E-state index contributed by atoms with van der Waals surface area (Å²) in [5, 5.41) is 0. The standard InChI is InChI=1S/3C9H19O5P/c2*1-5-12-9(10)8(4)15(11,13-6-2)14-7-3;1-4-12-9(10)7-8-15(11,13-5-2)14-6-3/h2*8H,5-7H2,1-4H3;4-8H2,1-3H3. The van der Waals surface area contributed by atoms with E-state index in [1.807, 2.05) is 0 Å². The van der Waals surface area contributed by atoms with Crippen LogP contribution < -0.4 is 0 Å². The van der Waals surface area contributed by atoms with Gasteiger partial charge in [-0.15, -0.1) is 0 Å². The van der Waals surface area contributed by atoms with E-state index >= 15 is 0 Å². The van der Waals surface area contributed by atoms with Gasteiger partial charge in [0.15, 0.2) is 11.3 Å². The molecule has 0 aliphatic carbocycles. The number of esters is 3. The zero-order chi connectivity index (χ0) is 35.5. The molecular formula is C27H57O15P3. The molecule has 45 heavy (non-hydrogen) atoms. The summed E-state index contributed by atoms with van der Waals surface area (Å²) in [6.07, 6.45) is 0.138. The number of carbonyl (C=O) groups is 3. The quantitative estimate of drug-likeness (QED) is 0.0662. The summed E-state index contributed by atoms with van der Waals surface area (Å²) in [6.45, 7) is 20.7. The molecule has 0 radical (unpaired) electrons. The minimum atomic E-state index is -3.37. The van der Waals surface area contributed by atoms with E-state index in [-0.39, 0.29) is 58.2 Å². The largest absolute Gasteiger partial charge is 0.466 e. The van der Waals surface area contributed by atoms with Crippen LogP contribution in [-0.4, -0.2) is 94.8 Å². The van der Waals surface area contributed by atoms with Gasteiger partial charge in [0.1, 0.15) is 0 Å². The van der Waals surface area contributed by atoms with Crippen molar-refractivity contribution in [3.63, 3.8) is 0 Å². The average Bonchev–Trinajstić information content (AvgIpc) is 2.97. The first-order valence-corrected chi connectivity index (χ1v) is 20.2. The van der Waals surface area contributed by atoms with Crippen molar-refractivity contribution in [2.24, 2.45) is 0 Å². The lowest BCUT2D eigenvalue weighted by Crippen LogP contribution is -2.22. The zero-order valence-electron chi connectivity index (χ0n) is 28.9. The molecule has 18 heteroatoms. The first-order valence-electron chi connectivity index (χ1n) is 15.2. The molecule has 270 valence electrons. The second-order valence-electron chi connectivity index (χ2n) is 8.33. The fourth-order valence-corrected chi connectivity index (χ4v) is 7.77. The first-order chi connectivity index (χ1) is 21.1. The molecule has 2 atom stereocenters. The topological polar surface area (TPSA) is 185 Å². The predicted octanol–water partition coefficient (Wildman–Crippen LogP) is 6.61. The Morgan fingerprint density at radius 3 is 1.00 bits per heavy atom. The van der Waals surface area contributed by atoms with Gasteiger partial charge in [-0.2, -0.15) is 0 Å². The minimum absolute atomic E-state index is 0.0606. The van der Waals surface area contributed by atoms with E-state index in [1.54, 1.807) is 62.3 Å². The summed E-state index contributed by atoms with van der Waals surface area (Å²) < 4.78 is 80.5. The molecule has 2 unspecified atom stereocenters. The van der Waals surface area contributed by atoms with Crippen LogP contribution in [0.5, 0.6) is 0 Å². The van der Waals surface area contributed by atoms with Crippen molar-refractivity contribution in [3.8, 4) is 0 Å². The predicted molar refractivity (Wildman–Crippen MR) is 171 cm³/mol. The second kappa shape index (κ2) is 27.9. The van der Waals surface area contributed by atoms with Crippen LogP contribution in [0.3, 0.4) is 0 Å². The maximum Gasteiger partial charge on any atom is 0.344 e. The van der Waals surface area contributed by atoms with Crippen molar-refractivity contribution >= 4 is 40.7 Å². The smallest absolute Gasteiger partial charge is 0.344 e. The Morgan fingerprint density at radius 2 is 0.756 bits per heavy atom. The van der Waals surface area contributed by atoms with E-state index in [9.17, 15) is 28.1 Å². The highest BCUT2D eigenvalue weighted by molar-refractivity contribution is 7.56.